The summed E-state index contributed by atoms with van der Waals surface area (Å²) < 4.78 is 29.0. The molecular formula is C19H30N2O4S. The number of ether oxygens (including phenoxy) is 1. The molecule has 2 saturated heterocycles. The van der Waals surface area contributed by atoms with Crippen LogP contribution in [-0.4, -0.2) is 74.9 Å². The third-order valence-corrected chi connectivity index (χ3v) is 7.94. The van der Waals surface area contributed by atoms with E-state index in [1.165, 1.54) is 0 Å². The second-order valence-corrected chi connectivity index (χ2v) is 10.3. The lowest BCUT2D eigenvalue weighted by Crippen LogP contribution is -2.55. The van der Waals surface area contributed by atoms with E-state index in [0.717, 1.165) is 24.5 Å². The predicted octanol–water partition coefficient (Wildman–Crippen LogP) is 1.54. The van der Waals surface area contributed by atoms with Crippen molar-refractivity contribution in [3.8, 4) is 5.75 Å². The van der Waals surface area contributed by atoms with Crippen LogP contribution in [0.15, 0.2) is 24.3 Å². The summed E-state index contributed by atoms with van der Waals surface area (Å²) >= 11 is 0. The number of rotatable bonds is 5. The van der Waals surface area contributed by atoms with Crippen LogP contribution < -0.4 is 9.64 Å². The molecule has 3 rings (SSSR count). The average molecular weight is 383 g/mol. The van der Waals surface area contributed by atoms with Gasteiger partial charge in [0.15, 0.2) is 9.84 Å². The summed E-state index contributed by atoms with van der Waals surface area (Å²) in [5, 5.41) is 11.1. The van der Waals surface area contributed by atoms with Gasteiger partial charge in [-0.25, -0.2) is 8.42 Å². The van der Waals surface area contributed by atoms with Gasteiger partial charge in [-0.05, 0) is 45.4 Å². The van der Waals surface area contributed by atoms with Gasteiger partial charge in [0.2, 0.25) is 0 Å². The number of benzene rings is 1. The molecule has 146 valence electrons. The van der Waals surface area contributed by atoms with Crippen LogP contribution in [0, 0.1) is 0 Å². The van der Waals surface area contributed by atoms with E-state index in [1.54, 1.807) is 7.11 Å². The number of sulfone groups is 1. The van der Waals surface area contributed by atoms with Crippen LogP contribution in [-0.2, 0) is 9.84 Å². The summed E-state index contributed by atoms with van der Waals surface area (Å²) in [6.07, 6.45) is 1.96. The number of hydrogen-bond acceptors (Lipinski definition) is 6. The molecule has 2 aliphatic rings. The Hall–Kier alpha value is -1.31. The Morgan fingerprint density at radius 1 is 1.27 bits per heavy atom. The first-order valence-corrected chi connectivity index (χ1v) is 11.0. The summed E-state index contributed by atoms with van der Waals surface area (Å²) in [5.41, 5.74) is -0.0496. The Morgan fingerprint density at radius 2 is 1.96 bits per heavy atom. The minimum Gasteiger partial charge on any atom is -0.497 e. The van der Waals surface area contributed by atoms with Crippen molar-refractivity contribution in [2.45, 2.75) is 37.3 Å². The highest BCUT2D eigenvalue weighted by molar-refractivity contribution is 7.91. The number of hydrogen-bond donors (Lipinski definition) is 1. The number of nitrogens with zero attached hydrogens (tertiary/aromatic N) is 2. The van der Waals surface area contributed by atoms with E-state index in [-0.39, 0.29) is 17.0 Å². The van der Waals surface area contributed by atoms with Crippen LogP contribution in [0.3, 0.4) is 0 Å². The first-order valence-electron chi connectivity index (χ1n) is 9.18. The monoisotopic (exact) mass is 382 g/mol. The van der Waals surface area contributed by atoms with E-state index in [9.17, 15) is 13.5 Å². The molecule has 1 aromatic rings. The van der Waals surface area contributed by atoms with E-state index in [0.29, 0.717) is 25.8 Å². The maximum Gasteiger partial charge on any atom is 0.152 e. The first kappa shape index (κ1) is 19.5. The molecule has 0 aliphatic carbocycles. The van der Waals surface area contributed by atoms with Crippen molar-refractivity contribution in [2.75, 3.05) is 50.2 Å². The maximum absolute atomic E-state index is 11.9. The minimum atomic E-state index is -2.95. The van der Waals surface area contributed by atoms with Crippen LogP contribution >= 0.6 is 0 Å². The van der Waals surface area contributed by atoms with Gasteiger partial charge in [-0.2, -0.15) is 0 Å². The molecule has 2 heterocycles. The normalized spacial score (nSPS) is 27.7. The molecule has 0 unspecified atom stereocenters. The molecule has 1 N–H and O–H groups in total. The topological polar surface area (TPSA) is 70.1 Å². The molecule has 0 spiro atoms. The van der Waals surface area contributed by atoms with Gasteiger partial charge in [-0.1, -0.05) is 6.07 Å². The van der Waals surface area contributed by atoms with Gasteiger partial charge in [0, 0.05) is 36.9 Å². The Morgan fingerprint density at radius 3 is 2.54 bits per heavy atom. The SMILES string of the molecule is COc1cccc(N2CCC(O)(CN(C)[C@]3(C)CCS(=O)(=O)C3)CC2)c1. The highest BCUT2D eigenvalue weighted by Gasteiger charge is 2.44. The standard InChI is InChI=1S/C19H30N2O4S/c1-18(9-12-26(23,24)15-18)20(2)14-19(22)7-10-21(11-8-19)16-5-4-6-17(13-16)25-3/h4-6,13,22H,7-12,14-15H2,1-3H3/t18-/m1/s1. The predicted molar refractivity (Wildman–Crippen MR) is 104 cm³/mol. The summed E-state index contributed by atoms with van der Waals surface area (Å²) in [6.45, 7) is 4.04. The van der Waals surface area contributed by atoms with Gasteiger partial charge in [0.25, 0.3) is 0 Å². The molecule has 1 aromatic carbocycles. The molecule has 0 saturated carbocycles. The summed E-state index contributed by atoms with van der Waals surface area (Å²) in [4.78, 5) is 4.32. The average Bonchev–Trinajstić information content (AvgIpc) is 2.90. The summed E-state index contributed by atoms with van der Waals surface area (Å²) in [7, 11) is 0.644. The molecule has 2 fully saturated rings. The number of methoxy groups -OCH3 is 1. The smallest absolute Gasteiger partial charge is 0.152 e. The Bertz CT molecular complexity index is 744. The minimum absolute atomic E-state index is 0.183. The highest BCUT2D eigenvalue weighted by Crippen LogP contribution is 2.33. The zero-order valence-corrected chi connectivity index (χ0v) is 16.8. The Labute approximate surface area is 156 Å². The van der Waals surface area contributed by atoms with Crippen LogP contribution in [0.1, 0.15) is 26.2 Å². The molecule has 0 amide bonds. The first-order chi connectivity index (χ1) is 12.1. The zero-order chi connectivity index (χ0) is 19.0. The second kappa shape index (κ2) is 7.02. The van der Waals surface area contributed by atoms with E-state index in [1.807, 2.05) is 32.2 Å². The molecular weight excluding hydrogens is 352 g/mol. The zero-order valence-electron chi connectivity index (χ0n) is 15.9. The van der Waals surface area contributed by atoms with Crippen molar-refractivity contribution in [1.29, 1.82) is 0 Å². The Balaban J connectivity index is 1.61. The number of β-amino-alcohol motifs (C(OH)–C–C–N with tert-alkyl or cyclic N) is 1. The second-order valence-electron chi connectivity index (χ2n) is 8.11. The van der Waals surface area contributed by atoms with Gasteiger partial charge < -0.3 is 14.7 Å². The molecule has 1 atom stereocenters. The van der Waals surface area contributed by atoms with Gasteiger partial charge in [0.05, 0.1) is 24.2 Å². The molecule has 6 nitrogen and oxygen atoms in total. The number of aliphatic hydroxyl groups is 1. The molecule has 26 heavy (non-hydrogen) atoms. The van der Waals surface area contributed by atoms with Crippen LogP contribution in [0.25, 0.3) is 0 Å². The fourth-order valence-electron chi connectivity index (χ4n) is 4.07. The quantitative estimate of drug-likeness (QED) is 0.833. The van der Waals surface area contributed by atoms with Crippen LogP contribution in [0.5, 0.6) is 5.75 Å². The molecule has 0 bridgehead atoms. The molecule has 0 radical (unpaired) electrons. The lowest BCUT2D eigenvalue weighted by atomic mass is 9.88. The van der Waals surface area contributed by atoms with Crippen LogP contribution in [0.4, 0.5) is 5.69 Å². The fraction of sp³-hybridized carbons (Fsp3) is 0.684. The van der Waals surface area contributed by atoms with E-state index in [2.05, 4.69) is 15.9 Å². The lowest BCUT2D eigenvalue weighted by molar-refractivity contribution is -0.0312. The van der Waals surface area contributed by atoms with Crippen molar-refractivity contribution in [3.05, 3.63) is 24.3 Å². The van der Waals surface area contributed by atoms with Crippen molar-refractivity contribution < 1.29 is 18.3 Å². The molecule has 7 heteroatoms. The van der Waals surface area contributed by atoms with Gasteiger partial charge >= 0.3 is 0 Å². The van der Waals surface area contributed by atoms with Crippen LogP contribution in [0.2, 0.25) is 0 Å². The van der Waals surface area contributed by atoms with Crippen molar-refractivity contribution >= 4 is 15.5 Å². The van der Waals surface area contributed by atoms with Crippen molar-refractivity contribution in [1.82, 2.24) is 4.90 Å². The molecule has 2 aliphatic heterocycles. The lowest BCUT2D eigenvalue weighted by Gasteiger charge is -2.44. The maximum atomic E-state index is 11.9. The number of anilines is 1. The van der Waals surface area contributed by atoms with E-state index >= 15 is 0 Å². The highest BCUT2D eigenvalue weighted by atomic mass is 32.2. The fourth-order valence-corrected chi connectivity index (χ4v) is 6.28. The largest absolute Gasteiger partial charge is 0.497 e. The third-order valence-electron chi connectivity index (χ3n) is 6.05. The molecule has 0 aromatic heterocycles. The number of likely N-dealkylation sites (N-methyl/N-ethyl adjacent to an activating group) is 1. The van der Waals surface area contributed by atoms with Gasteiger partial charge in [0.1, 0.15) is 5.75 Å². The van der Waals surface area contributed by atoms with Gasteiger partial charge in [-0.3, -0.25) is 4.90 Å². The summed E-state index contributed by atoms with van der Waals surface area (Å²) in [5.74, 6) is 1.26. The van der Waals surface area contributed by atoms with Crippen molar-refractivity contribution in [3.63, 3.8) is 0 Å². The third kappa shape index (κ3) is 4.15. The van der Waals surface area contributed by atoms with Crippen molar-refractivity contribution in [2.24, 2.45) is 0 Å². The number of piperidine rings is 1. The summed E-state index contributed by atoms with van der Waals surface area (Å²) in [6, 6.07) is 7.98. The van der Waals surface area contributed by atoms with E-state index in [4.69, 9.17) is 4.74 Å². The van der Waals surface area contributed by atoms with E-state index < -0.39 is 15.4 Å². The Kier molecular flexibility index (Phi) is 5.25. The van der Waals surface area contributed by atoms with Gasteiger partial charge in [-0.15, -0.1) is 0 Å².